The van der Waals surface area contributed by atoms with Gasteiger partial charge in [0.1, 0.15) is 11.3 Å². The minimum atomic E-state index is -4.71. The largest absolute Gasteiger partial charge is 0.509 e. The summed E-state index contributed by atoms with van der Waals surface area (Å²) in [6.45, 7) is 1.45. The Morgan fingerprint density at radius 3 is 2.56 bits per heavy atom. The molecule has 8 nitrogen and oxygen atoms in total. The lowest BCUT2D eigenvalue weighted by Gasteiger charge is -2.46. The Morgan fingerprint density at radius 2 is 1.88 bits per heavy atom. The number of carbonyl (C=O) groups is 2. The molecule has 2 N–H and O–H groups in total. The monoisotopic (exact) mass is 593 g/mol. The molecule has 0 saturated carbocycles. The summed E-state index contributed by atoms with van der Waals surface area (Å²) in [7, 11) is 0. The van der Waals surface area contributed by atoms with E-state index in [-0.39, 0.29) is 34.2 Å². The molecule has 214 valence electrons. The Bertz CT molecular complexity index is 1580. The molecule has 14 heteroatoms. The van der Waals surface area contributed by atoms with Crippen LogP contribution in [0.1, 0.15) is 30.9 Å². The number of aromatic nitrogens is 2. The number of benzene rings is 2. The number of amides is 2. The summed E-state index contributed by atoms with van der Waals surface area (Å²) < 4.78 is 68.9. The summed E-state index contributed by atoms with van der Waals surface area (Å²) in [6, 6.07) is 6.01. The molecule has 41 heavy (non-hydrogen) atoms. The first-order valence-corrected chi connectivity index (χ1v) is 12.7. The van der Waals surface area contributed by atoms with Crippen LogP contribution < -0.4 is 5.32 Å². The molecule has 1 atom stereocenters. The molecule has 0 spiro atoms. The number of carbonyl (C=O) groups excluding carboxylic acids is 2. The van der Waals surface area contributed by atoms with Gasteiger partial charge in [-0.15, -0.1) is 0 Å². The van der Waals surface area contributed by atoms with Crippen LogP contribution in [0.3, 0.4) is 0 Å². The van der Waals surface area contributed by atoms with Gasteiger partial charge in [0.05, 0.1) is 17.6 Å². The van der Waals surface area contributed by atoms with Crippen LogP contribution in [0.25, 0.3) is 11.1 Å². The zero-order valence-corrected chi connectivity index (χ0v) is 22.0. The number of fused-ring (bicyclic) bond motifs is 1. The van der Waals surface area contributed by atoms with Crippen molar-refractivity contribution < 1.29 is 36.6 Å². The highest BCUT2D eigenvalue weighted by Crippen LogP contribution is 2.42. The smallest absolute Gasteiger partial charge is 0.416 e. The first kappa shape index (κ1) is 28.4. The molecule has 1 aromatic heterocycles. The number of aliphatic hydroxyl groups excluding tert-OH is 1. The van der Waals surface area contributed by atoms with Crippen molar-refractivity contribution >= 4 is 29.1 Å². The molecule has 0 radical (unpaired) electrons. The van der Waals surface area contributed by atoms with Crippen LogP contribution in [0.5, 0.6) is 0 Å². The second kappa shape index (κ2) is 10.4. The fourth-order valence-corrected chi connectivity index (χ4v) is 5.18. The van der Waals surface area contributed by atoms with Crippen molar-refractivity contribution in [3.05, 3.63) is 88.2 Å². The third kappa shape index (κ3) is 5.10. The zero-order chi connectivity index (χ0) is 29.7. The lowest BCUT2D eigenvalue weighted by molar-refractivity contribution is -0.160. The van der Waals surface area contributed by atoms with Crippen molar-refractivity contribution in [2.24, 2.45) is 0 Å². The van der Waals surface area contributed by atoms with Crippen LogP contribution >= 0.6 is 11.6 Å². The van der Waals surface area contributed by atoms with Crippen LogP contribution in [0.2, 0.25) is 5.28 Å². The third-order valence-corrected chi connectivity index (χ3v) is 7.39. The Kier molecular flexibility index (Phi) is 7.20. The zero-order valence-electron chi connectivity index (χ0n) is 21.3. The molecule has 2 aliphatic rings. The van der Waals surface area contributed by atoms with Crippen molar-refractivity contribution in [1.82, 2.24) is 20.0 Å². The van der Waals surface area contributed by atoms with Gasteiger partial charge in [-0.1, -0.05) is 12.1 Å². The van der Waals surface area contributed by atoms with E-state index in [0.29, 0.717) is 12.8 Å². The van der Waals surface area contributed by atoms with Crippen molar-refractivity contribution in [3.63, 3.8) is 0 Å². The van der Waals surface area contributed by atoms with Crippen molar-refractivity contribution in [2.45, 2.75) is 38.0 Å². The SMILES string of the molecule is C[C@]12CCCN1N(Cc1cccc(F)c1F)C(=O)C(C(=O)Nc1ccc(C(F)(F)F)cc1-c1cnc(Cl)nc1)=C2O. The summed E-state index contributed by atoms with van der Waals surface area (Å²) in [5.41, 5.74) is -3.25. The number of rotatable bonds is 5. The molecular weight excluding hydrogens is 573 g/mol. The van der Waals surface area contributed by atoms with Gasteiger partial charge in [0.15, 0.2) is 11.6 Å². The number of nitrogens with zero attached hydrogens (tertiary/aromatic N) is 4. The molecule has 0 aliphatic carbocycles. The normalized spacial score (nSPS) is 19.5. The number of hydrogen-bond donors (Lipinski definition) is 2. The Hall–Kier alpha value is -4.10. The maximum absolute atomic E-state index is 14.5. The second-order valence-electron chi connectivity index (χ2n) is 9.75. The molecule has 1 fully saturated rings. The lowest BCUT2D eigenvalue weighted by Crippen LogP contribution is -2.60. The number of nitrogens with one attached hydrogen (secondary N) is 1. The Morgan fingerprint density at radius 1 is 1.17 bits per heavy atom. The van der Waals surface area contributed by atoms with Crippen LogP contribution in [0, 0.1) is 11.6 Å². The Labute approximate surface area is 235 Å². The van der Waals surface area contributed by atoms with Gasteiger partial charge in [0, 0.05) is 41.3 Å². The highest BCUT2D eigenvalue weighted by Gasteiger charge is 2.52. The topological polar surface area (TPSA) is 98.7 Å². The van der Waals surface area contributed by atoms with Gasteiger partial charge in [0.25, 0.3) is 11.8 Å². The number of halogens is 6. The first-order chi connectivity index (χ1) is 19.3. The number of anilines is 1. The van der Waals surface area contributed by atoms with Gasteiger partial charge in [-0.05, 0) is 55.6 Å². The number of hydrazine groups is 1. The van der Waals surface area contributed by atoms with Gasteiger partial charge in [-0.3, -0.25) is 14.6 Å². The molecule has 2 amide bonds. The van der Waals surface area contributed by atoms with Crippen LogP contribution in [0.4, 0.5) is 27.6 Å². The molecule has 2 aliphatic heterocycles. The van der Waals surface area contributed by atoms with Gasteiger partial charge in [-0.25, -0.2) is 23.8 Å². The molecule has 2 aromatic carbocycles. The van der Waals surface area contributed by atoms with E-state index in [1.165, 1.54) is 17.1 Å². The predicted octanol–water partition coefficient (Wildman–Crippen LogP) is 5.66. The van der Waals surface area contributed by atoms with E-state index in [0.717, 1.165) is 41.7 Å². The molecule has 5 rings (SSSR count). The van der Waals surface area contributed by atoms with Gasteiger partial charge < -0.3 is 10.4 Å². The molecule has 0 unspecified atom stereocenters. The summed E-state index contributed by atoms with van der Waals surface area (Å²) in [6.07, 6.45) is -1.54. The summed E-state index contributed by atoms with van der Waals surface area (Å²) in [5, 5.41) is 16.0. The van der Waals surface area contributed by atoms with Crippen LogP contribution in [-0.2, 0) is 22.3 Å². The average Bonchev–Trinajstić information content (AvgIpc) is 3.32. The van der Waals surface area contributed by atoms with E-state index < -0.39 is 58.6 Å². The van der Waals surface area contributed by atoms with E-state index in [9.17, 15) is 36.6 Å². The molecule has 1 saturated heterocycles. The maximum Gasteiger partial charge on any atom is 0.416 e. The average molecular weight is 594 g/mol. The van der Waals surface area contributed by atoms with E-state index >= 15 is 0 Å². The highest BCUT2D eigenvalue weighted by atomic mass is 35.5. The van der Waals surface area contributed by atoms with Crippen molar-refractivity contribution in [1.29, 1.82) is 0 Å². The summed E-state index contributed by atoms with van der Waals surface area (Å²) in [4.78, 5) is 34.7. The molecule has 3 heterocycles. The second-order valence-corrected chi connectivity index (χ2v) is 10.1. The van der Waals surface area contributed by atoms with Gasteiger partial charge >= 0.3 is 6.18 Å². The van der Waals surface area contributed by atoms with Gasteiger partial charge in [-0.2, -0.15) is 13.2 Å². The molecular formula is C27H21ClF5N5O3. The maximum atomic E-state index is 14.5. The summed E-state index contributed by atoms with van der Waals surface area (Å²) in [5.74, 6) is -4.93. The first-order valence-electron chi connectivity index (χ1n) is 12.3. The van der Waals surface area contributed by atoms with Crippen LogP contribution in [0.15, 0.2) is 60.1 Å². The summed E-state index contributed by atoms with van der Waals surface area (Å²) >= 11 is 5.71. The minimum absolute atomic E-state index is 0.0844. The van der Waals surface area contributed by atoms with E-state index in [4.69, 9.17) is 11.6 Å². The third-order valence-electron chi connectivity index (χ3n) is 7.20. The van der Waals surface area contributed by atoms with Gasteiger partial charge in [0.2, 0.25) is 5.28 Å². The van der Waals surface area contributed by atoms with E-state index in [1.807, 2.05) is 0 Å². The minimum Gasteiger partial charge on any atom is -0.509 e. The number of hydrogen-bond acceptors (Lipinski definition) is 6. The lowest BCUT2D eigenvalue weighted by atomic mass is 9.90. The number of alkyl halides is 3. The highest BCUT2D eigenvalue weighted by molar-refractivity contribution is 6.28. The fourth-order valence-electron chi connectivity index (χ4n) is 5.08. The molecule has 3 aromatic rings. The molecule has 0 bridgehead atoms. The quantitative estimate of drug-likeness (QED) is 0.225. The number of aliphatic hydroxyl groups is 1. The fraction of sp³-hybridized carbons (Fsp3) is 0.259. The Balaban J connectivity index is 1.54. The van der Waals surface area contributed by atoms with E-state index in [1.54, 1.807) is 6.92 Å². The predicted molar refractivity (Wildman–Crippen MR) is 137 cm³/mol. The standard InChI is InChI=1S/C27H21ClF5N5O3/c1-26-8-3-9-38(26)37(13-14-4-2-5-18(29)21(14)30)24(41)20(22(26)39)23(40)36-19-7-6-16(27(31,32)33)10-17(19)15-11-34-25(28)35-12-15/h2,4-7,10-12,39H,3,8-9,13H2,1H3,(H,36,40)/t26-/m1/s1. The van der Waals surface area contributed by atoms with Crippen molar-refractivity contribution in [3.8, 4) is 11.1 Å². The van der Waals surface area contributed by atoms with E-state index in [2.05, 4.69) is 15.3 Å². The van der Waals surface area contributed by atoms with Crippen molar-refractivity contribution in [2.75, 3.05) is 11.9 Å². The van der Waals surface area contributed by atoms with Crippen LogP contribution in [-0.4, -0.2) is 49.0 Å².